The summed E-state index contributed by atoms with van der Waals surface area (Å²) < 4.78 is 6.49. The van der Waals surface area contributed by atoms with Crippen LogP contribution in [0, 0.1) is 0 Å². The van der Waals surface area contributed by atoms with E-state index < -0.39 is 0 Å². The molecule has 2 amide bonds. The first-order valence-electron chi connectivity index (χ1n) is 10.9. The van der Waals surface area contributed by atoms with Crippen LogP contribution in [0.1, 0.15) is 66.7 Å². The van der Waals surface area contributed by atoms with Crippen LogP contribution in [0.3, 0.4) is 0 Å². The van der Waals surface area contributed by atoms with Crippen LogP contribution < -0.4 is 20.7 Å². The molecular formula is C24H30BrN3O3S. The molecule has 2 rings (SSSR count). The molecule has 0 unspecified atom stereocenters. The summed E-state index contributed by atoms with van der Waals surface area (Å²) in [5.41, 5.74) is 1.42. The molecule has 0 saturated carbocycles. The first kappa shape index (κ1) is 25.8. The average molecular weight is 520 g/mol. The Kier molecular flexibility index (Phi) is 11.2. The SMILES string of the molecule is CCCCCCOc1ccc(C(=O)NC(=S)Nc2ccccc2C(=O)NCCC)cc1Br. The number of ether oxygens (including phenoxy) is 1. The van der Waals surface area contributed by atoms with Crippen LogP contribution in [-0.4, -0.2) is 30.1 Å². The van der Waals surface area contributed by atoms with Gasteiger partial charge >= 0.3 is 0 Å². The van der Waals surface area contributed by atoms with E-state index in [9.17, 15) is 9.59 Å². The van der Waals surface area contributed by atoms with Crippen LogP contribution in [0.2, 0.25) is 0 Å². The van der Waals surface area contributed by atoms with Gasteiger partial charge in [0.25, 0.3) is 11.8 Å². The molecule has 0 fully saturated rings. The fraction of sp³-hybridized carbons (Fsp3) is 0.375. The number of thiocarbonyl (C=S) groups is 1. The number of anilines is 1. The highest BCUT2D eigenvalue weighted by atomic mass is 79.9. The Bertz CT molecular complexity index is 936. The Hall–Kier alpha value is -2.45. The van der Waals surface area contributed by atoms with Crippen molar-refractivity contribution in [3.8, 4) is 5.75 Å². The normalized spacial score (nSPS) is 10.3. The minimum absolute atomic E-state index is 0.109. The van der Waals surface area contributed by atoms with Crippen LogP contribution in [0.4, 0.5) is 5.69 Å². The lowest BCUT2D eigenvalue weighted by atomic mass is 10.1. The highest BCUT2D eigenvalue weighted by Crippen LogP contribution is 2.26. The van der Waals surface area contributed by atoms with Crippen molar-refractivity contribution in [1.29, 1.82) is 0 Å². The van der Waals surface area contributed by atoms with Gasteiger partial charge in [-0.1, -0.05) is 45.2 Å². The molecule has 0 aliphatic carbocycles. The maximum absolute atomic E-state index is 12.6. The van der Waals surface area contributed by atoms with E-state index in [1.54, 1.807) is 42.5 Å². The summed E-state index contributed by atoms with van der Waals surface area (Å²) in [5.74, 6) is 0.148. The van der Waals surface area contributed by atoms with Gasteiger partial charge in [0.05, 0.1) is 22.3 Å². The Morgan fingerprint density at radius 1 is 1.00 bits per heavy atom. The Morgan fingerprint density at radius 3 is 2.50 bits per heavy atom. The molecule has 0 spiro atoms. The lowest BCUT2D eigenvalue weighted by Gasteiger charge is -2.14. The van der Waals surface area contributed by atoms with Crippen molar-refractivity contribution in [2.75, 3.05) is 18.5 Å². The van der Waals surface area contributed by atoms with Gasteiger partial charge in [0.1, 0.15) is 5.75 Å². The summed E-state index contributed by atoms with van der Waals surface area (Å²) in [7, 11) is 0. The lowest BCUT2D eigenvalue weighted by Crippen LogP contribution is -2.35. The predicted octanol–water partition coefficient (Wildman–Crippen LogP) is 5.67. The first-order chi connectivity index (χ1) is 15.5. The van der Waals surface area contributed by atoms with Crippen molar-refractivity contribution in [1.82, 2.24) is 10.6 Å². The molecule has 2 aromatic rings. The van der Waals surface area contributed by atoms with Gasteiger partial charge in [-0.15, -0.1) is 0 Å². The fourth-order valence-electron chi connectivity index (χ4n) is 2.92. The van der Waals surface area contributed by atoms with Gasteiger partial charge in [-0.05, 0) is 71.3 Å². The Morgan fingerprint density at radius 2 is 1.78 bits per heavy atom. The van der Waals surface area contributed by atoms with Crippen LogP contribution in [0.5, 0.6) is 5.75 Å². The number of nitrogens with one attached hydrogen (secondary N) is 3. The number of unbranched alkanes of at least 4 members (excludes halogenated alkanes) is 3. The number of hydrogen-bond donors (Lipinski definition) is 3. The Labute approximate surface area is 203 Å². The molecule has 0 bridgehead atoms. The third-order valence-electron chi connectivity index (χ3n) is 4.63. The van der Waals surface area contributed by atoms with Gasteiger partial charge < -0.3 is 15.4 Å². The second kappa shape index (κ2) is 13.9. The number of rotatable bonds is 11. The summed E-state index contributed by atoms with van der Waals surface area (Å²) in [6.07, 6.45) is 5.37. The van der Waals surface area contributed by atoms with E-state index in [0.717, 1.165) is 19.3 Å². The molecule has 32 heavy (non-hydrogen) atoms. The summed E-state index contributed by atoms with van der Waals surface area (Å²) in [6.45, 7) is 5.39. The summed E-state index contributed by atoms with van der Waals surface area (Å²) >= 11 is 8.75. The van der Waals surface area contributed by atoms with Crippen LogP contribution in [0.15, 0.2) is 46.9 Å². The smallest absolute Gasteiger partial charge is 0.257 e. The minimum atomic E-state index is -0.356. The van der Waals surface area contributed by atoms with Crippen LogP contribution in [0.25, 0.3) is 0 Å². The lowest BCUT2D eigenvalue weighted by molar-refractivity contribution is 0.0952. The van der Waals surface area contributed by atoms with E-state index in [1.807, 2.05) is 6.92 Å². The summed E-state index contributed by atoms with van der Waals surface area (Å²) in [4.78, 5) is 25.0. The maximum Gasteiger partial charge on any atom is 0.257 e. The molecule has 6 nitrogen and oxygen atoms in total. The van der Waals surface area contributed by atoms with E-state index in [0.29, 0.717) is 40.2 Å². The number of para-hydroxylation sites is 1. The second-order valence-corrected chi connectivity index (χ2v) is 8.53. The fourth-order valence-corrected chi connectivity index (χ4v) is 3.62. The summed E-state index contributed by atoms with van der Waals surface area (Å²) in [5, 5.41) is 8.54. The molecule has 0 heterocycles. The van der Waals surface area contributed by atoms with Crippen molar-refractivity contribution >= 4 is 50.8 Å². The standard InChI is InChI=1S/C24H30BrN3O3S/c1-3-5-6-9-15-31-21-13-12-17(16-19(21)25)22(29)28-24(32)27-20-11-8-7-10-18(20)23(30)26-14-4-2/h7-8,10-13,16H,3-6,9,14-15H2,1-2H3,(H,26,30)(H2,27,28,29,32). The molecule has 2 aromatic carbocycles. The Balaban J connectivity index is 1.95. The number of amides is 2. The van der Waals surface area contributed by atoms with Gasteiger partial charge in [-0.25, -0.2) is 0 Å². The quantitative estimate of drug-likeness (QED) is 0.263. The number of halogens is 1. The maximum atomic E-state index is 12.6. The first-order valence-corrected chi connectivity index (χ1v) is 12.1. The van der Waals surface area contributed by atoms with E-state index in [-0.39, 0.29) is 16.9 Å². The largest absolute Gasteiger partial charge is 0.492 e. The van der Waals surface area contributed by atoms with Gasteiger partial charge in [-0.2, -0.15) is 0 Å². The van der Waals surface area contributed by atoms with Crippen molar-refractivity contribution in [2.45, 2.75) is 46.0 Å². The highest BCUT2D eigenvalue weighted by molar-refractivity contribution is 9.10. The van der Waals surface area contributed by atoms with Crippen LogP contribution >= 0.6 is 28.1 Å². The van der Waals surface area contributed by atoms with E-state index in [1.165, 1.54) is 12.8 Å². The zero-order chi connectivity index (χ0) is 23.3. The molecule has 3 N–H and O–H groups in total. The molecule has 172 valence electrons. The number of carbonyl (C=O) groups excluding carboxylic acids is 2. The monoisotopic (exact) mass is 519 g/mol. The summed E-state index contributed by atoms with van der Waals surface area (Å²) in [6, 6.07) is 12.2. The van der Waals surface area contributed by atoms with Crippen molar-refractivity contribution in [2.24, 2.45) is 0 Å². The number of benzene rings is 2. The van der Waals surface area contributed by atoms with E-state index in [4.69, 9.17) is 17.0 Å². The molecule has 0 aromatic heterocycles. The molecule has 0 aliphatic rings. The zero-order valence-corrected chi connectivity index (χ0v) is 20.9. The van der Waals surface area contributed by atoms with Gasteiger partial charge in [-0.3, -0.25) is 14.9 Å². The molecule has 0 radical (unpaired) electrons. The van der Waals surface area contributed by atoms with E-state index in [2.05, 4.69) is 38.8 Å². The molecular weight excluding hydrogens is 490 g/mol. The van der Waals surface area contributed by atoms with Gasteiger partial charge in [0, 0.05) is 12.1 Å². The van der Waals surface area contributed by atoms with Crippen LogP contribution in [-0.2, 0) is 0 Å². The highest BCUT2D eigenvalue weighted by Gasteiger charge is 2.14. The third-order valence-corrected chi connectivity index (χ3v) is 5.46. The van der Waals surface area contributed by atoms with Gasteiger partial charge in [0.15, 0.2) is 5.11 Å². The zero-order valence-electron chi connectivity index (χ0n) is 18.5. The number of carbonyl (C=O) groups is 2. The second-order valence-electron chi connectivity index (χ2n) is 7.26. The molecule has 0 atom stereocenters. The minimum Gasteiger partial charge on any atom is -0.492 e. The molecule has 0 aliphatic heterocycles. The van der Waals surface area contributed by atoms with Crippen molar-refractivity contribution in [3.63, 3.8) is 0 Å². The predicted molar refractivity (Wildman–Crippen MR) is 137 cm³/mol. The number of hydrogen-bond acceptors (Lipinski definition) is 4. The molecule has 8 heteroatoms. The van der Waals surface area contributed by atoms with Crippen molar-refractivity contribution in [3.05, 3.63) is 58.1 Å². The molecule has 0 saturated heterocycles. The average Bonchev–Trinajstić information content (AvgIpc) is 2.78. The third kappa shape index (κ3) is 8.24. The topological polar surface area (TPSA) is 79.5 Å². The van der Waals surface area contributed by atoms with E-state index >= 15 is 0 Å². The van der Waals surface area contributed by atoms with Gasteiger partial charge in [0.2, 0.25) is 0 Å². The van der Waals surface area contributed by atoms with Crippen molar-refractivity contribution < 1.29 is 14.3 Å².